The minimum Gasteiger partial charge on any atom is -0.488 e. The first-order valence-electron chi connectivity index (χ1n) is 7.73. The molecule has 6 nitrogen and oxygen atoms in total. The summed E-state index contributed by atoms with van der Waals surface area (Å²) in [7, 11) is 0. The third-order valence-electron chi connectivity index (χ3n) is 3.85. The second-order valence-corrected chi connectivity index (χ2v) is 5.71. The number of nitrogens with zero attached hydrogens (tertiary/aromatic N) is 3. The van der Waals surface area contributed by atoms with Crippen molar-refractivity contribution >= 4 is 11.0 Å². The van der Waals surface area contributed by atoms with E-state index in [4.69, 9.17) is 4.74 Å². The normalized spacial score (nSPS) is 11.1. The number of aryl methyl sites for hydroxylation is 2. The van der Waals surface area contributed by atoms with Crippen molar-refractivity contribution in [2.75, 3.05) is 6.61 Å². The molecule has 2 aromatic heterocycles. The number of aromatic amines is 1. The van der Waals surface area contributed by atoms with Gasteiger partial charge in [0.1, 0.15) is 5.52 Å². The van der Waals surface area contributed by atoms with Crippen LogP contribution in [0.15, 0.2) is 29.2 Å². The topological polar surface area (TPSA) is 72.8 Å². The quantitative estimate of drug-likeness (QED) is 0.786. The van der Waals surface area contributed by atoms with Crippen molar-refractivity contribution in [3.63, 3.8) is 0 Å². The molecule has 0 unspecified atom stereocenters. The Hall–Kier alpha value is -2.63. The molecule has 1 N–H and O–H groups in total. The minimum atomic E-state index is -0.122. The summed E-state index contributed by atoms with van der Waals surface area (Å²) in [6.07, 6.45) is 2.48. The maximum atomic E-state index is 12.0. The predicted octanol–water partition coefficient (Wildman–Crippen LogP) is 2.57. The number of benzene rings is 1. The second kappa shape index (κ2) is 6.24. The van der Waals surface area contributed by atoms with E-state index in [0.29, 0.717) is 18.9 Å². The van der Waals surface area contributed by atoms with Gasteiger partial charge in [-0.3, -0.25) is 4.79 Å². The Morgan fingerprint density at radius 2 is 2.00 bits per heavy atom. The molecule has 0 amide bonds. The molecule has 0 saturated carbocycles. The van der Waals surface area contributed by atoms with Gasteiger partial charge in [0.2, 0.25) is 5.43 Å². The van der Waals surface area contributed by atoms with Gasteiger partial charge in [0.05, 0.1) is 18.7 Å². The van der Waals surface area contributed by atoms with Crippen molar-refractivity contribution in [3.05, 3.63) is 51.4 Å². The van der Waals surface area contributed by atoms with Crippen LogP contribution < -0.4 is 10.2 Å². The van der Waals surface area contributed by atoms with E-state index in [-0.39, 0.29) is 5.43 Å². The SMILES string of the molecule is CCCOc1c[nH]c(Cn2nnc3cc(C)c(C)cc32)cc1=O. The Morgan fingerprint density at radius 1 is 1.22 bits per heavy atom. The van der Waals surface area contributed by atoms with Crippen LogP contribution in [0.4, 0.5) is 0 Å². The van der Waals surface area contributed by atoms with Crippen LogP contribution in [-0.2, 0) is 6.54 Å². The fourth-order valence-electron chi connectivity index (χ4n) is 2.42. The van der Waals surface area contributed by atoms with Crippen LogP contribution in [0.1, 0.15) is 30.2 Å². The Bertz CT molecular complexity index is 895. The summed E-state index contributed by atoms with van der Waals surface area (Å²) >= 11 is 0. The summed E-state index contributed by atoms with van der Waals surface area (Å²) in [4.78, 5) is 15.1. The summed E-state index contributed by atoms with van der Waals surface area (Å²) in [5.74, 6) is 0.352. The molecule has 0 saturated heterocycles. The molecule has 3 rings (SSSR count). The van der Waals surface area contributed by atoms with E-state index in [1.165, 1.54) is 11.1 Å². The van der Waals surface area contributed by atoms with Crippen molar-refractivity contribution in [1.29, 1.82) is 0 Å². The zero-order valence-electron chi connectivity index (χ0n) is 13.6. The summed E-state index contributed by atoms with van der Waals surface area (Å²) in [5.41, 5.74) is 4.85. The average Bonchev–Trinajstić information content (AvgIpc) is 2.89. The number of fused-ring (bicyclic) bond motifs is 1. The van der Waals surface area contributed by atoms with Gasteiger partial charge in [-0.2, -0.15) is 0 Å². The number of nitrogens with one attached hydrogen (secondary N) is 1. The highest BCUT2D eigenvalue weighted by molar-refractivity contribution is 5.76. The van der Waals surface area contributed by atoms with E-state index in [9.17, 15) is 4.79 Å². The molecule has 120 valence electrons. The van der Waals surface area contributed by atoms with Crippen molar-refractivity contribution < 1.29 is 4.74 Å². The van der Waals surface area contributed by atoms with E-state index >= 15 is 0 Å². The van der Waals surface area contributed by atoms with Crippen LogP contribution in [-0.4, -0.2) is 26.6 Å². The van der Waals surface area contributed by atoms with Crippen molar-refractivity contribution in [3.8, 4) is 5.75 Å². The van der Waals surface area contributed by atoms with Crippen LogP contribution in [0.25, 0.3) is 11.0 Å². The van der Waals surface area contributed by atoms with Gasteiger partial charge in [-0.1, -0.05) is 12.1 Å². The zero-order chi connectivity index (χ0) is 16.4. The molecule has 3 aromatic rings. The molecular formula is C17H20N4O2. The lowest BCUT2D eigenvalue weighted by molar-refractivity contribution is 0.313. The van der Waals surface area contributed by atoms with Gasteiger partial charge < -0.3 is 9.72 Å². The molecule has 2 heterocycles. The monoisotopic (exact) mass is 312 g/mol. The fourth-order valence-corrected chi connectivity index (χ4v) is 2.42. The third kappa shape index (κ3) is 3.11. The molecule has 0 aliphatic heterocycles. The highest BCUT2D eigenvalue weighted by Crippen LogP contribution is 2.17. The van der Waals surface area contributed by atoms with Crippen molar-refractivity contribution in [2.45, 2.75) is 33.7 Å². The number of ether oxygens (including phenoxy) is 1. The second-order valence-electron chi connectivity index (χ2n) is 5.71. The first kappa shape index (κ1) is 15.3. The number of aromatic nitrogens is 4. The van der Waals surface area contributed by atoms with Crippen LogP contribution in [0.2, 0.25) is 0 Å². The smallest absolute Gasteiger partial charge is 0.223 e. The number of hydrogen-bond acceptors (Lipinski definition) is 4. The first-order chi connectivity index (χ1) is 11.1. The number of rotatable bonds is 5. The predicted molar refractivity (Wildman–Crippen MR) is 89.0 cm³/mol. The van der Waals surface area contributed by atoms with E-state index in [2.05, 4.69) is 35.2 Å². The minimum absolute atomic E-state index is 0.122. The molecule has 0 fully saturated rings. The van der Waals surface area contributed by atoms with E-state index in [1.807, 2.05) is 13.0 Å². The zero-order valence-corrected chi connectivity index (χ0v) is 13.6. The first-order valence-corrected chi connectivity index (χ1v) is 7.73. The Balaban J connectivity index is 1.89. The molecule has 0 spiro atoms. The van der Waals surface area contributed by atoms with Crippen molar-refractivity contribution in [1.82, 2.24) is 20.0 Å². The number of hydrogen-bond donors (Lipinski definition) is 1. The molecule has 0 aliphatic carbocycles. The van der Waals surface area contributed by atoms with Gasteiger partial charge in [0.15, 0.2) is 5.75 Å². The van der Waals surface area contributed by atoms with Crippen LogP contribution in [0.3, 0.4) is 0 Å². The van der Waals surface area contributed by atoms with Gasteiger partial charge in [-0.15, -0.1) is 5.10 Å². The van der Waals surface area contributed by atoms with Crippen LogP contribution in [0, 0.1) is 13.8 Å². The van der Waals surface area contributed by atoms with E-state index < -0.39 is 0 Å². The molecule has 0 radical (unpaired) electrons. The van der Waals surface area contributed by atoms with Crippen LogP contribution in [0.5, 0.6) is 5.75 Å². The van der Waals surface area contributed by atoms with Crippen LogP contribution >= 0.6 is 0 Å². The van der Waals surface area contributed by atoms with Gasteiger partial charge in [-0.05, 0) is 43.5 Å². The molecule has 0 atom stereocenters. The number of H-pyrrole nitrogens is 1. The number of pyridine rings is 1. The summed E-state index contributed by atoms with van der Waals surface area (Å²) in [6.45, 7) is 7.12. The molecule has 1 aromatic carbocycles. The summed E-state index contributed by atoms with van der Waals surface area (Å²) < 4.78 is 7.19. The Labute approximate surface area is 134 Å². The van der Waals surface area contributed by atoms with E-state index in [1.54, 1.807) is 16.9 Å². The maximum absolute atomic E-state index is 12.0. The lowest BCUT2D eigenvalue weighted by atomic mass is 10.1. The standard InChI is InChI=1S/C17H20N4O2/c1-4-5-23-17-9-18-13(8-16(17)22)10-21-15-7-12(3)11(2)6-14(15)19-20-21/h6-9H,4-5,10H2,1-3H3,(H,18,22). The average molecular weight is 312 g/mol. The highest BCUT2D eigenvalue weighted by Gasteiger charge is 2.09. The molecular weight excluding hydrogens is 292 g/mol. The molecule has 0 aliphatic rings. The molecule has 0 bridgehead atoms. The van der Waals surface area contributed by atoms with Gasteiger partial charge in [-0.25, -0.2) is 4.68 Å². The Morgan fingerprint density at radius 3 is 2.74 bits per heavy atom. The van der Waals surface area contributed by atoms with E-state index in [0.717, 1.165) is 23.1 Å². The van der Waals surface area contributed by atoms with Crippen molar-refractivity contribution in [2.24, 2.45) is 0 Å². The maximum Gasteiger partial charge on any atom is 0.223 e. The lowest BCUT2D eigenvalue weighted by Crippen LogP contribution is -2.12. The lowest BCUT2D eigenvalue weighted by Gasteiger charge is -2.07. The summed E-state index contributed by atoms with van der Waals surface area (Å²) in [6, 6.07) is 5.65. The molecule has 6 heteroatoms. The van der Waals surface area contributed by atoms with Gasteiger partial charge in [0.25, 0.3) is 0 Å². The third-order valence-corrected chi connectivity index (χ3v) is 3.85. The Kier molecular flexibility index (Phi) is 4.14. The highest BCUT2D eigenvalue weighted by atomic mass is 16.5. The van der Waals surface area contributed by atoms with Gasteiger partial charge >= 0.3 is 0 Å². The molecule has 23 heavy (non-hydrogen) atoms. The summed E-state index contributed by atoms with van der Waals surface area (Å²) in [5, 5.41) is 8.38. The van der Waals surface area contributed by atoms with Gasteiger partial charge in [0, 0.05) is 18.0 Å². The largest absolute Gasteiger partial charge is 0.488 e. The fraction of sp³-hybridized carbons (Fsp3) is 0.353.